The first-order chi connectivity index (χ1) is 17.1. The fourth-order valence-electron chi connectivity index (χ4n) is 5.27. The van der Waals surface area contributed by atoms with Crippen molar-refractivity contribution in [3.63, 3.8) is 0 Å². The van der Waals surface area contributed by atoms with Gasteiger partial charge in [-0.1, -0.05) is 6.07 Å². The van der Waals surface area contributed by atoms with Gasteiger partial charge in [-0.2, -0.15) is 13.2 Å². The highest BCUT2D eigenvalue weighted by molar-refractivity contribution is 6.02. The largest absolute Gasteiger partial charge is 0.416 e. The van der Waals surface area contributed by atoms with Crippen molar-refractivity contribution < 1.29 is 27.2 Å². The highest BCUT2D eigenvalue weighted by atomic mass is 19.4. The van der Waals surface area contributed by atoms with Gasteiger partial charge in [0, 0.05) is 23.8 Å². The zero-order valence-corrected chi connectivity index (χ0v) is 20.0. The molecule has 1 aromatic carbocycles. The predicted molar refractivity (Wildman–Crippen MR) is 125 cm³/mol. The molecule has 3 fully saturated rings. The lowest BCUT2D eigenvalue weighted by Gasteiger charge is -2.30. The summed E-state index contributed by atoms with van der Waals surface area (Å²) in [7, 11) is 0. The van der Waals surface area contributed by atoms with Crippen LogP contribution < -0.4 is 10.6 Å². The number of benzene rings is 1. The number of likely N-dealkylation sites (tertiary alicyclic amines) is 1. The fourth-order valence-corrected chi connectivity index (χ4v) is 5.27. The van der Waals surface area contributed by atoms with Crippen LogP contribution in [0.25, 0.3) is 0 Å². The van der Waals surface area contributed by atoms with Crippen LogP contribution in [-0.2, 0) is 11.0 Å². The first kappa shape index (κ1) is 24.5. The topological polar surface area (TPSA) is 74.3 Å². The van der Waals surface area contributed by atoms with Gasteiger partial charge in [-0.15, -0.1) is 0 Å². The molecule has 2 aliphatic carbocycles. The lowest BCUT2D eigenvalue weighted by atomic mass is 9.99. The maximum atomic E-state index is 14.8. The molecule has 4 atom stereocenters. The summed E-state index contributed by atoms with van der Waals surface area (Å²) in [6.07, 6.45) is -0.220. The SMILES string of the molecule is CCNc1cnc(C)cc1C(=O)N1[C@@H](C(=O)N[C@@H](c2ccc(C(F)(F)F)cc2F)C2CC2)C[C@H]2C[C@H]21. The summed E-state index contributed by atoms with van der Waals surface area (Å²) in [6, 6.07) is 2.64. The summed E-state index contributed by atoms with van der Waals surface area (Å²) in [5.74, 6) is -1.47. The van der Waals surface area contributed by atoms with E-state index in [1.165, 1.54) is 0 Å². The maximum absolute atomic E-state index is 14.8. The Kier molecular flexibility index (Phi) is 6.16. The maximum Gasteiger partial charge on any atom is 0.416 e. The molecule has 2 aromatic rings. The second-order valence-corrected chi connectivity index (χ2v) is 9.99. The van der Waals surface area contributed by atoms with E-state index in [9.17, 15) is 27.2 Å². The Balaban J connectivity index is 1.38. The number of alkyl halides is 3. The number of amides is 2. The Bertz CT molecular complexity index is 1200. The van der Waals surface area contributed by atoms with Crippen LogP contribution in [-0.4, -0.2) is 40.3 Å². The highest BCUT2D eigenvalue weighted by Gasteiger charge is 2.56. The number of carbonyl (C=O) groups is 2. The van der Waals surface area contributed by atoms with Crippen molar-refractivity contribution in [1.82, 2.24) is 15.2 Å². The molecule has 0 spiro atoms. The van der Waals surface area contributed by atoms with Gasteiger partial charge in [0.25, 0.3) is 5.91 Å². The molecule has 192 valence electrons. The molecule has 0 bridgehead atoms. The molecule has 2 N–H and O–H groups in total. The van der Waals surface area contributed by atoms with Crippen molar-refractivity contribution in [3.8, 4) is 0 Å². The summed E-state index contributed by atoms with van der Waals surface area (Å²) < 4.78 is 53.8. The molecule has 5 rings (SSSR count). The van der Waals surface area contributed by atoms with Crippen LogP contribution in [0.1, 0.15) is 65.8 Å². The van der Waals surface area contributed by atoms with Crippen molar-refractivity contribution >= 4 is 17.5 Å². The lowest BCUT2D eigenvalue weighted by molar-refractivity contribution is -0.137. The van der Waals surface area contributed by atoms with Gasteiger partial charge in [-0.25, -0.2) is 4.39 Å². The fraction of sp³-hybridized carbons (Fsp3) is 0.500. The second kappa shape index (κ2) is 9.05. The normalized spacial score (nSPS) is 23.7. The number of aromatic nitrogens is 1. The number of nitrogens with one attached hydrogen (secondary N) is 2. The molecule has 36 heavy (non-hydrogen) atoms. The van der Waals surface area contributed by atoms with E-state index in [4.69, 9.17) is 0 Å². The molecule has 2 amide bonds. The number of carbonyl (C=O) groups excluding carboxylic acids is 2. The number of fused-ring (bicyclic) bond motifs is 1. The molecule has 2 saturated carbocycles. The molecule has 6 nitrogen and oxygen atoms in total. The standard InChI is InChI=1S/C26H28F4N4O2/c1-3-31-20-12-32-13(2)8-18(20)25(36)34-21-9-15(21)10-22(34)24(35)33-23(14-4-5-14)17-7-6-16(11-19(17)27)26(28,29)30/h6-8,11-12,14-15,21-23,31H,3-5,9-10H2,1-2H3,(H,33,35)/t15-,21-,22-,23-/m1/s1. The Morgan fingerprint density at radius 2 is 1.94 bits per heavy atom. The number of hydrogen-bond donors (Lipinski definition) is 2. The van der Waals surface area contributed by atoms with E-state index in [0.29, 0.717) is 36.0 Å². The molecule has 1 aromatic heterocycles. The van der Waals surface area contributed by atoms with E-state index in [1.54, 1.807) is 24.1 Å². The first-order valence-electron chi connectivity index (χ1n) is 12.3. The number of piperidine rings is 1. The van der Waals surface area contributed by atoms with Gasteiger partial charge in [0.05, 0.1) is 29.1 Å². The average molecular weight is 505 g/mol. The molecule has 1 aliphatic heterocycles. The minimum Gasteiger partial charge on any atom is -0.383 e. The van der Waals surface area contributed by atoms with Crippen LogP contribution in [0.2, 0.25) is 0 Å². The number of halogens is 4. The van der Waals surface area contributed by atoms with Crippen molar-refractivity contribution in [2.24, 2.45) is 11.8 Å². The van der Waals surface area contributed by atoms with Crippen molar-refractivity contribution in [2.75, 3.05) is 11.9 Å². The molecule has 10 heteroatoms. The van der Waals surface area contributed by atoms with Gasteiger partial charge in [0.1, 0.15) is 11.9 Å². The smallest absolute Gasteiger partial charge is 0.383 e. The number of aryl methyl sites for hydroxylation is 1. The van der Waals surface area contributed by atoms with Crippen LogP contribution in [0.4, 0.5) is 23.2 Å². The van der Waals surface area contributed by atoms with Crippen molar-refractivity contribution in [3.05, 3.63) is 58.7 Å². The molecular weight excluding hydrogens is 476 g/mol. The van der Waals surface area contributed by atoms with Crippen LogP contribution in [0, 0.1) is 24.6 Å². The van der Waals surface area contributed by atoms with Crippen LogP contribution in [0.3, 0.4) is 0 Å². The van der Waals surface area contributed by atoms with Crippen LogP contribution in [0.5, 0.6) is 0 Å². The summed E-state index contributed by atoms with van der Waals surface area (Å²) in [5, 5.41) is 6.03. The van der Waals surface area contributed by atoms with Crippen LogP contribution >= 0.6 is 0 Å². The van der Waals surface area contributed by atoms with Gasteiger partial charge in [0.2, 0.25) is 5.91 Å². The number of anilines is 1. The van der Waals surface area contributed by atoms with Gasteiger partial charge < -0.3 is 15.5 Å². The molecular formula is C26H28F4N4O2. The van der Waals surface area contributed by atoms with E-state index in [-0.39, 0.29) is 29.3 Å². The van der Waals surface area contributed by atoms with E-state index in [1.807, 2.05) is 6.92 Å². The number of pyridine rings is 1. The molecule has 3 aliphatic rings. The molecule has 0 unspecified atom stereocenters. The Labute approximate surface area is 206 Å². The monoisotopic (exact) mass is 504 g/mol. The zero-order chi connectivity index (χ0) is 25.8. The number of rotatable bonds is 7. The third-order valence-corrected chi connectivity index (χ3v) is 7.33. The van der Waals surface area contributed by atoms with Crippen LogP contribution in [0.15, 0.2) is 30.5 Å². The quantitative estimate of drug-likeness (QED) is 0.529. The third-order valence-electron chi connectivity index (χ3n) is 7.33. The molecule has 0 radical (unpaired) electrons. The van der Waals surface area contributed by atoms with Crippen molar-refractivity contribution in [2.45, 2.75) is 63.8 Å². The van der Waals surface area contributed by atoms with Gasteiger partial charge in [-0.05, 0) is 69.6 Å². The second-order valence-electron chi connectivity index (χ2n) is 9.99. The summed E-state index contributed by atoms with van der Waals surface area (Å²) >= 11 is 0. The van der Waals surface area contributed by atoms with Gasteiger partial charge in [-0.3, -0.25) is 14.6 Å². The Morgan fingerprint density at radius 3 is 2.58 bits per heavy atom. The lowest BCUT2D eigenvalue weighted by Crippen LogP contribution is -2.49. The Hall–Kier alpha value is -3.17. The number of hydrogen-bond acceptors (Lipinski definition) is 4. The Morgan fingerprint density at radius 1 is 1.19 bits per heavy atom. The average Bonchev–Trinajstić information content (AvgIpc) is 3.76. The zero-order valence-electron chi connectivity index (χ0n) is 20.0. The van der Waals surface area contributed by atoms with Gasteiger partial charge in [0.15, 0.2) is 0 Å². The van der Waals surface area contributed by atoms with Crippen molar-refractivity contribution in [1.29, 1.82) is 0 Å². The van der Waals surface area contributed by atoms with E-state index < -0.39 is 35.5 Å². The summed E-state index contributed by atoms with van der Waals surface area (Å²) in [6.45, 7) is 4.30. The van der Waals surface area contributed by atoms with E-state index in [2.05, 4.69) is 15.6 Å². The molecule has 2 heterocycles. The first-order valence-corrected chi connectivity index (χ1v) is 12.3. The van der Waals surface area contributed by atoms with E-state index in [0.717, 1.165) is 31.4 Å². The summed E-state index contributed by atoms with van der Waals surface area (Å²) in [4.78, 5) is 33.0. The van der Waals surface area contributed by atoms with E-state index >= 15 is 0 Å². The highest BCUT2D eigenvalue weighted by Crippen LogP contribution is 2.49. The minimum atomic E-state index is -4.65. The molecule has 1 saturated heterocycles. The minimum absolute atomic E-state index is 0.0293. The van der Waals surface area contributed by atoms with Gasteiger partial charge >= 0.3 is 6.18 Å². The third kappa shape index (κ3) is 4.65. The predicted octanol–water partition coefficient (Wildman–Crippen LogP) is 4.85. The number of nitrogens with zero attached hydrogens (tertiary/aromatic N) is 2. The summed E-state index contributed by atoms with van der Waals surface area (Å²) in [5.41, 5.74) is 0.695.